The Balaban J connectivity index is 2.02. The summed E-state index contributed by atoms with van der Waals surface area (Å²) in [5.41, 5.74) is -2.27. The zero-order chi connectivity index (χ0) is 20.5. The van der Waals surface area contributed by atoms with Crippen molar-refractivity contribution in [2.45, 2.75) is 52.0 Å². The quantitative estimate of drug-likeness (QED) is 0.786. The van der Waals surface area contributed by atoms with E-state index in [0.717, 1.165) is 13.8 Å². The fraction of sp³-hybridized carbons (Fsp3) is 0.556. The van der Waals surface area contributed by atoms with Crippen LogP contribution >= 0.6 is 0 Å². The van der Waals surface area contributed by atoms with Crippen LogP contribution in [0.1, 0.15) is 34.1 Å². The van der Waals surface area contributed by atoms with Crippen molar-refractivity contribution in [3.63, 3.8) is 0 Å². The molecule has 0 bridgehead atoms. The lowest BCUT2D eigenvalue weighted by atomic mass is 9.88. The molecule has 0 aromatic heterocycles. The van der Waals surface area contributed by atoms with Gasteiger partial charge in [-0.05, 0) is 45.9 Å². The van der Waals surface area contributed by atoms with Gasteiger partial charge in [0, 0.05) is 12.1 Å². The molecule has 1 heterocycles. The maximum Gasteiger partial charge on any atom is 0.427 e. The Labute approximate surface area is 155 Å². The molecule has 0 radical (unpaired) electrons. The molecule has 6 nitrogen and oxygen atoms in total. The molecule has 0 fully saturated rings. The Morgan fingerprint density at radius 2 is 2.04 bits per heavy atom. The number of benzene rings is 1. The van der Waals surface area contributed by atoms with Crippen LogP contribution in [-0.4, -0.2) is 30.5 Å². The highest BCUT2D eigenvalue weighted by molar-refractivity contribution is 5.86. The van der Waals surface area contributed by atoms with Gasteiger partial charge in [0.15, 0.2) is 0 Å². The minimum absolute atomic E-state index is 0.191. The summed E-state index contributed by atoms with van der Waals surface area (Å²) in [6.45, 7) is 5.67. The first-order valence-electron chi connectivity index (χ1n) is 8.35. The highest BCUT2D eigenvalue weighted by Crippen LogP contribution is 2.36. The molecule has 0 saturated heterocycles. The molecule has 1 aromatic carbocycles. The van der Waals surface area contributed by atoms with Gasteiger partial charge >= 0.3 is 12.3 Å². The standard InChI is InChI=1S/C18H22F3N3O3/c1-16(2,10-22)8-12-9-23-13-7-11(5-6-14(13)26-12)24-15(25)27-17(3,4)18(19,20)21/h5-7,12,23H,8-9H2,1-4H3,(H,24,25)/t12-/m1/s1. The number of rotatable bonds is 4. The molecule has 148 valence electrons. The van der Waals surface area contributed by atoms with E-state index in [4.69, 9.17) is 10.00 Å². The Hall–Kier alpha value is -2.63. The lowest BCUT2D eigenvalue weighted by Crippen LogP contribution is -2.44. The van der Waals surface area contributed by atoms with Crippen LogP contribution in [0.5, 0.6) is 5.75 Å². The van der Waals surface area contributed by atoms with Gasteiger partial charge in [-0.1, -0.05) is 0 Å². The second-order valence-corrected chi connectivity index (χ2v) is 7.55. The third-order valence-electron chi connectivity index (χ3n) is 4.11. The summed E-state index contributed by atoms with van der Waals surface area (Å²) in [6.07, 6.45) is -5.54. The van der Waals surface area contributed by atoms with Crippen molar-refractivity contribution in [1.82, 2.24) is 0 Å². The Bertz CT molecular complexity index is 754. The molecule has 27 heavy (non-hydrogen) atoms. The molecule has 1 aliphatic heterocycles. The number of nitrogens with zero attached hydrogens (tertiary/aromatic N) is 1. The van der Waals surface area contributed by atoms with Gasteiger partial charge in [-0.3, -0.25) is 5.32 Å². The number of fused-ring (bicyclic) bond motifs is 1. The first-order chi connectivity index (χ1) is 12.3. The van der Waals surface area contributed by atoms with Crippen LogP contribution in [0.25, 0.3) is 0 Å². The number of anilines is 2. The number of nitrogens with one attached hydrogen (secondary N) is 2. The van der Waals surface area contributed by atoms with Gasteiger partial charge in [0.05, 0.1) is 23.7 Å². The van der Waals surface area contributed by atoms with E-state index in [1.807, 2.05) is 13.8 Å². The molecule has 0 aliphatic carbocycles. The molecule has 1 aromatic rings. The zero-order valence-electron chi connectivity index (χ0n) is 15.5. The minimum atomic E-state index is -4.68. The first-order valence-corrected chi connectivity index (χ1v) is 8.35. The van der Waals surface area contributed by atoms with Crippen molar-refractivity contribution in [2.24, 2.45) is 5.41 Å². The van der Waals surface area contributed by atoms with Crippen LogP contribution in [0.4, 0.5) is 29.3 Å². The smallest absolute Gasteiger partial charge is 0.427 e. The fourth-order valence-corrected chi connectivity index (χ4v) is 2.46. The van der Waals surface area contributed by atoms with Crippen molar-refractivity contribution in [1.29, 1.82) is 5.26 Å². The molecule has 1 atom stereocenters. The predicted molar refractivity (Wildman–Crippen MR) is 93.6 cm³/mol. The summed E-state index contributed by atoms with van der Waals surface area (Å²) in [5, 5.41) is 14.5. The molecule has 2 N–H and O–H groups in total. The first kappa shape index (κ1) is 20.7. The van der Waals surface area contributed by atoms with Crippen molar-refractivity contribution in [3.8, 4) is 11.8 Å². The number of hydrogen-bond donors (Lipinski definition) is 2. The van der Waals surface area contributed by atoms with Crippen LogP contribution in [0.15, 0.2) is 18.2 Å². The highest BCUT2D eigenvalue weighted by atomic mass is 19.4. The third kappa shape index (κ3) is 5.18. The van der Waals surface area contributed by atoms with Gasteiger partial charge in [-0.15, -0.1) is 0 Å². The topological polar surface area (TPSA) is 83.4 Å². The number of amides is 1. The highest BCUT2D eigenvalue weighted by Gasteiger charge is 2.51. The number of hydrogen-bond acceptors (Lipinski definition) is 5. The number of nitriles is 1. The van der Waals surface area contributed by atoms with Gasteiger partial charge in [0.1, 0.15) is 11.9 Å². The number of carbonyl (C=O) groups excluding carboxylic acids is 1. The normalized spacial score (nSPS) is 17.0. The number of alkyl halides is 3. The summed E-state index contributed by atoms with van der Waals surface area (Å²) in [5.74, 6) is 0.537. The van der Waals surface area contributed by atoms with Gasteiger partial charge in [-0.2, -0.15) is 18.4 Å². The average Bonchev–Trinajstić information content (AvgIpc) is 2.53. The van der Waals surface area contributed by atoms with Crippen LogP contribution in [0.3, 0.4) is 0 Å². The zero-order valence-corrected chi connectivity index (χ0v) is 15.5. The van der Waals surface area contributed by atoms with E-state index in [9.17, 15) is 18.0 Å². The van der Waals surface area contributed by atoms with E-state index in [-0.39, 0.29) is 11.8 Å². The van der Waals surface area contributed by atoms with Crippen LogP contribution in [0, 0.1) is 16.7 Å². The van der Waals surface area contributed by atoms with Crippen molar-refractivity contribution in [2.75, 3.05) is 17.2 Å². The number of ether oxygens (including phenoxy) is 2. The molecule has 0 spiro atoms. The van der Waals surface area contributed by atoms with E-state index in [2.05, 4.69) is 21.4 Å². The van der Waals surface area contributed by atoms with Gasteiger partial charge in [-0.25, -0.2) is 4.79 Å². The van der Waals surface area contributed by atoms with Crippen molar-refractivity contribution < 1.29 is 27.4 Å². The second-order valence-electron chi connectivity index (χ2n) is 7.55. The van der Waals surface area contributed by atoms with Crippen molar-refractivity contribution in [3.05, 3.63) is 18.2 Å². The summed E-state index contributed by atoms with van der Waals surface area (Å²) >= 11 is 0. The predicted octanol–water partition coefficient (Wildman–Crippen LogP) is 4.69. The minimum Gasteiger partial charge on any atom is -0.486 e. The molecule has 9 heteroatoms. The maximum atomic E-state index is 12.8. The second kappa shape index (κ2) is 7.18. The molecule has 2 rings (SSSR count). The monoisotopic (exact) mass is 385 g/mol. The van der Waals surface area contributed by atoms with E-state index in [1.54, 1.807) is 12.1 Å². The summed E-state index contributed by atoms with van der Waals surface area (Å²) < 4.78 is 48.7. The van der Waals surface area contributed by atoms with E-state index in [0.29, 0.717) is 24.4 Å². The molecular weight excluding hydrogens is 363 g/mol. The summed E-state index contributed by atoms with van der Waals surface area (Å²) in [7, 11) is 0. The molecule has 1 aliphatic rings. The molecule has 1 amide bonds. The van der Waals surface area contributed by atoms with Crippen LogP contribution in [-0.2, 0) is 4.74 Å². The summed E-state index contributed by atoms with van der Waals surface area (Å²) in [6, 6.07) is 6.86. The fourth-order valence-electron chi connectivity index (χ4n) is 2.46. The number of halogens is 3. The van der Waals surface area contributed by atoms with Crippen molar-refractivity contribution >= 4 is 17.5 Å². The van der Waals surface area contributed by atoms with E-state index >= 15 is 0 Å². The number of carbonyl (C=O) groups is 1. The molecule has 0 saturated carbocycles. The van der Waals surface area contributed by atoms with Gasteiger partial charge in [0.25, 0.3) is 0 Å². The average molecular weight is 385 g/mol. The summed E-state index contributed by atoms with van der Waals surface area (Å²) in [4.78, 5) is 11.8. The Morgan fingerprint density at radius 3 is 2.63 bits per heavy atom. The largest absolute Gasteiger partial charge is 0.486 e. The van der Waals surface area contributed by atoms with Gasteiger partial charge in [0.2, 0.25) is 5.60 Å². The maximum absolute atomic E-state index is 12.8. The SMILES string of the molecule is CC(C)(C#N)C[C@@H]1CNc2cc(NC(=O)OC(C)(C)C(F)(F)F)ccc2O1. The van der Waals surface area contributed by atoms with Crippen LogP contribution in [0.2, 0.25) is 0 Å². The lowest BCUT2D eigenvalue weighted by molar-refractivity contribution is -0.242. The van der Waals surface area contributed by atoms with Crippen LogP contribution < -0.4 is 15.4 Å². The third-order valence-corrected chi connectivity index (χ3v) is 4.11. The molecular formula is C18H22F3N3O3. The van der Waals surface area contributed by atoms with Gasteiger partial charge < -0.3 is 14.8 Å². The van der Waals surface area contributed by atoms with E-state index in [1.165, 1.54) is 6.07 Å². The Morgan fingerprint density at radius 1 is 1.37 bits per heavy atom. The lowest BCUT2D eigenvalue weighted by Gasteiger charge is -2.31. The Kier molecular flexibility index (Phi) is 5.50. The molecule has 0 unspecified atom stereocenters. The van der Waals surface area contributed by atoms with E-state index < -0.39 is 23.3 Å².